The second-order valence-electron chi connectivity index (χ2n) is 5.22. The quantitative estimate of drug-likeness (QED) is 0.533. The monoisotopic (exact) mass is 376 g/mol. The molecule has 0 aliphatic heterocycles. The Balaban J connectivity index is 2.63. The standard InChI is InChI=1S/C10H11Cl7/c1-7(4-11)5-2-10(16,17)8(7,6(12)13)3-9(5,14)15/h5-6H,2-4H2,1H3/t5-,7?,8+/m0/s1. The topological polar surface area (TPSA) is 0 Å². The van der Waals surface area contributed by atoms with E-state index in [2.05, 4.69) is 0 Å². The normalized spacial score (nSPS) is 46.8. The van der Waals surface area contributed by atoms with Gasteiger partial charge in [0.1, 0.15) is 13.5 Å². The minimum atomic E-state index is -1.05. The molecule has 2 aliphatic rings. The second kappa shape index (κ2) is 4.26. The fourth-order valence-corrected chi connectivity index (χ4v) is 7.36. The summed E-state index contributed by atoms with van der Waals surface area (Å²) in [5, 5.41) is 0. The molecule has 2 aliphatic carbocycles. The van der Waals surface area contributed by atoms with Gasteiger partial charge in [0.15, 0.2) is 0 Å². The van der Waals surface area contributed by atoms with E-state index in [0.717, 1.165) is 0 Å². The fourth-order valence-electron chi connectivity index (χ4n) is 3.53. The van der Waals surface area contributed by atoms with Crippen molar-refractivity contribution in [2.75, 3.05) is 5.88 Å². The first-order valence-corrected chi connectivity index (χ1v) is 8.07. The van der Waals surface area contributed by atoms with Crippen LogP contribution >= 0.6 is 81.2 Å². The van der Waals surface area contributed by atoms with Gasteiger partial charge in [0.2, 0.25) is 0 Å². The van der Waals surface area contributed by atoms with Crippen LogP contribution in [0.4, 0.5) is 0 Å². The highest BCUT2D eigenvalue weighted by Gasteiger charge is 2.80. The van der Waals surface area contributed by atoms with Crippen LogP contribution in [0.5, 0.6) is 0 Å². The van der Waals surface area contributed by atoms with Gasteiger partial charge < -0.3 is 0 Å². The first kappa shape index (κ1) is 15.4. The molecular weight excluding hydrogens is 368 g/mol. The molecule has 3 atom stereocenters. The van der Waals surface area contributed by atoms with Gasteiger partial charge in [-0.05, 0) is 18.3 Å². The predicted octanol–water partition coefficient (Wildman–Crippen LogP) is 5.79. The Kier molecular flexibility index (Phi) is 3.87. The zero-order valence-electron chi connectivity index (χ0n) is 8.92. The lowest BCUT2D eigenvalue weighted by Crippen LogP contribution is -2.49. The van der Waals surface area contributed by atoms with Gasteiger partial charge in [0, 0.05) is 17.2 Å². The molecule has 0 amide bonds. The molecule has 2 fully saturated rings. The van der Waals surface area contributed by atoms with Crippen LogP contribution in [0.25, 0.3) is 0 Å². The molecule has 0 heterocycles. The average molecular weight is 379 g/mol. The summed E-state index contributed by atoms with van der Waals surface area (Å²) in [4.78, 5) is -0.773. The van der Waals surface area contributed by atoms with Gasteiger partial charge in [-0.25, -0.2) is 0 Å². The van der Waals surface area contributed by atoms with Crippen LogP contribution in [-0.2, 0) is 0 Å². The van der Waals surface area contributed by atoms with Crippen molar-refractivity contribution in [1.29, 1.82) is 0 Å². The average Bonchev–Trinajstić information content (AvgIpc) is 2.47. The van der Waals surface area contributed by atoms with Gasteiger partial charge in [0.25, 0.3) is 0 Å². The molecule has 7 heteroatoms. The lowest BCUT2D eigenvalue weighted by atomic mass is 9.70. The zero-order chi connectivity index (χ0) is 13.3. The van der Waals surface area contributed by atoms with E-state index in [-0.39, 0.29) is 5.92 Å². The summed E-state index contributed by atoms with van der Waals surface area (Å²) in [6, 6.07) is 0. The minimum Gasteiger partial charge on any atom is -0.126 e. The van der Waals surface area contributed by atoms with Crippen molar-refractivity contribution < 1.29 is 0 Å². The molecular formula is C10H11Cl7. The summed E-state index contributed by atoms with van der Waals surface area (Å²) in [5.41, 5.74) is -1.27. The Bertz CT molecular complexity index is 340. The van der Waals surface area contributed by atoms with Gasteiger partial charge in [-0.3, -0.25) is 0 Å². The van der Waals surface area contributed by atoms with Crippen molar-refractivity contribution in [3.05, 3.63) is 0 Å². The maximum absolute atomic E-state index is 6.43. The third-order valence-electron chi connectivity index (χ3n) is 4.58. The Morgan fingerprint density at radius 3 is 2.06 bits per heavy atom. The Morgan fingerprint density at radius 2 is 1.71 bits per heavy atom. The molecule has 0 spiro atoms. The minimum absolute atomic E-state index is 0.120. The lowest BCUT2D eigenvalue weighted by molar-refractivity contribution is 0.141. The summed E-state index contributed by atoms with van der Waals surface area (Å²) >= 11 is 44.0. The molecule has 0 nitrogen and oxygen atoms in total. The van der Waals surface area contributed by atoms with E-state index in [4.69, 9.17) is 81.2 Å². The third-order valence-corrected chi connectivity index (χ3v) is 7.65. The maximum atomic E-state index is 6.43. The molecule has 17 heavy (non-hydrogen) atoms. The van der Waals surface area contributed by atoms with Gasteiger partial charge in [-0.1, -0.05) is 6.92 Å². The molecule has 100 valence electrons. The number of hydrogen-bond acceptors (Lipinski definition) is 0. The van der Waals surface area contributed by atoms with Crippen molar-refractivity contribution in [2.24, 2.45) is 16.7 Å². The molecule has 0 aromatic heterocycles. The Labute approximate surface area is 136 Å². The molecule has 0 N–H and O–H groups in total. The zero-order valence-corrected chi connectivity index (χ0v) is 14.2. The number of halogens is 7. The molecule has 0 aromatic carbocycles. The summed E-state index contributed by atoms with van der Waals surface area (Å²) in [7, 11) is 0. The first-order valence-electron chi connectivity index (χ1n) is 5.15. The smallest absolute Gasteiger partial charge is 0.126 e. The van der Waals surface area contributed by atoms with Crippen LogP contribution in [-0.4, -0.2) is 19.4 Å². The lowest BCUT2D eigenvalue weighted by Gasteiger charge is -2.46. The van der Waals surface area contributed by atoms with Gasteiger partial charge >= 0.3 is 0 Å². The van der Waals surface area contributed by atoms with Crippen LogP contribution in [0.1, 0.15) is 19.8 Å². The van der Waals surface area contributed by atoms with Gasteiger partial charge in [-0.15, -0.1) is 81.2 Å². The van der Waals surface area contributed by atoms with E-state index >= 15 is 0 Å². The second-order valence-corrected chi connectivity index (χ2v) is 9.61. The number of rotatable bonds is 2. The summed E-state index contributed by atoms with van der Waals surface area (Å²) in [5.74, 6) is 0.196. The molecule has 2 rings (SSSR count). The number of fused-ring (bicyclic) bond motifs is 2. The van der Waals surface area contributed by atoms with Crippen LogP contribution in [0.2, 0.25) is 0 Å². The maximum Gasteiger partial charge on any atom is 0.127 e. The molecule has 2 bridgehead atoms. The van der Waals surface area contributed by atoms with E-state index < -0.39 is 24.3 Å². The highest BCUT2D eigenvalue weighted by molar-refractivity contribution is 6.54. The third kappa shape index (κ3) is 1.71. The fraction of sp³-hybridized carbons (Fsp3) is 1.00. The van der Waals surface area contributed by atoms with E-state index in [1.165, 1.54) is 0 Å². The van der Waals surface area contributed by atoms with Crippen molar-refractivity contribution in [2.45, 2.75) is 33.3 Å². The molecule has 1 unspecified atom stereocenters. The van der Waals surface area contributed by atoms with E-state index in [1.807, 2.05) is 6.92 Å². The largest absolute Gasteiger partial charge is 0.127 e. The SMILES string of the molecule is CC1(CCl)[C@@H]2CC(Cl)(Cl)[C@@]1(C(Cl)Cl)CC2(Cl)Cl. The molecule has 2 saturated carbocycles. The van der Waals surface area contributed by atoms with Crippen LogP contribution < -0.4 is 0 Å². The Morgan fingerprint density at radius 1 is 1.18 bits per heavy atom. The highest BCUT2D eigenvalue weighted by Crippen LogP contribution is 2.80. The Hall–Kier alpha value is 2.03. The van der Waals surface area contributed by atoms with Crippen molar-refractivity contribution in [3.63, 3.8) is 0 Å². The van der Waals surface area contributed by atoms with Crippen LogP contribution in [0, 0.1) is 16.7 Å². The first-order chi connectivity index (χ1) is 7.55. The molecule has 0 saturated heterocycles. The van der Waals surface area contributed by atoms with Gasteiger partial charge in [-0.2, -0.15) is 0 Å². The number of alkyl halides is 7. The number of hydrogen-bond donors (Lipinski definition) is 0. The predicted molar refractivity (Wildman–Crippen MR) is 78.4 cm³/mol. The van der Waals surface area contributed by atoms with Crippen LogP contribution in [0.15, 0.2) is 0 Å². The molecule has 0 radical (unpaired) electrons. The van der Waals surface area contributed by atoms with Gasteiger partial charge in [0.05, 0.1) is 0 Å². The highest BCUT2D eigenvalue weighted by atomic mass is 35.5. The summed E-state index contributed by atoms with van der Waals surface area (Å²) in [6.45, 7) is 1.96. The summed E-state index contributed by atoms with van der Waals surface area (Å²) < 4.78 is -1.98. The van der Waals surface area contributed by atoms with Crippen molar-refractivity contribution >= 4 is 81.2 Å². The van der Waals surface area contributed by atoms with E-state index in [1.54, 1.807) is 0 Å². The van der Waals surface area contributed by atoms with E-state index in [0.29, 0.717) is 18.7 Å². The van der Waals surface area contributed by atoms with Crippen molar-refractivity contribution in [3.8, 4) is 0 Å². The van der Waals surface area contributed by atoms with Crippen LogP contribution in [0.3, 0.4) is 0 Å². The molecule has 0 aromatic rings. The summed E-state index contributed by atoms with van der Waals surface area (Å²) in [6.07, 6.45) is 0.796. The van der Waals surface area contributed by atoms with E-state index in [9.17, 15) is 0 Å². The van der Waals surface area contributed by atoms with Crippen molar-refractivity contribution in [1.82, 2.24) is 0 Å².